The number of benzene rings is 2. The number of methoxy groups -OCH3 is 1. The number of halogens is 1. The monoisotopic (exact) mass is 349 g/mol. The van der Waals surface area contributed by atoms with Gasteiger partial charge in [-0.25, -0.2) is 0 Å². The Labute approximate surface area is 131 Å². The molecule has 2 aromatic carbocycles. The third-order valence-corrected chi connectivity index (χ3v) is 3.54. The molecule has 0 spiro atoms. The van der Waals surface area contributed by atoms with Gasteiger partial charge in [-0.05, 0) is 23.8 Å². The molecule has 0 radical (unpaired) electrons. The Morgan fingerprint density at radius 1 is 1.29 bits per heavy atom. The zero-order valence-corrected chi connectivity index (χ0v) is 13.1. The van der Waals surface area contributed by atoms with Crippen LogP contribution < -0.4 is 10.1 Å². The van der Waals surface area contributed by atoms with Crippen LogP contribution >= 0.6 is 15.9 Å². The van der Waals surface area contributed by atoms with Crippen molar-refractivity contribution in [3.8, 4) is 5.75 Å². The lowest BCUT2D eigenvalue weighted by atomic mass is 10.1. The molecule has 0 heterocycles. The van der Waals surface area contributed by atoms with Gasteiger partial charge in [0.25, 0.3) is 5.91 Å². The number of aliphatic hydroxyl groups excluding tert-OH is 1. The Kier molecular flexibility index (Phi) is 5.36. The van der Waals surface area contributed by atoms with Crippen molar-refractivity contribution in [2.24, 2.45) is 0 Å². The molecule has 110 valence electrons. The molecular weight excluding hydrogens is 334 g/mol. The van der Waals surface area contributed by atoms with E-state index in [1.165, 1.54) is 7.11 Å². The van der Waals surface area contributed by atoms with E-state index in [4.69, 9.17) is 4.74 Å². The molecule has 0 saturated heterocycles. The maximum Gasteiger partial charge on any atom is 0.255 e. The summed E-state index contributed by atoms with van der Waals surface area (Å²) in [6.07, 6.45) is -0.739. The number of aliphatic hydroxyl groups is 1. The third-order valence-electron chi connectivity index (χ3n) is 3.05. The first-order valence-corrected chi connectivity index (χ1v) is 7.26. The van der Waals surface area contributed by atoms with Crippen molar-refractivity contribution in [2.75, 3.05) is 13.7 Å². The van der Waals surface area contributed by atoms with Crippen LogP contribution in [0.15, 0.2) is 53.0 Å². The normalized spacial score (nSPS) is 11.8. The van der Waals surface area contributed by atoms with Gasteiger partial charge < -0.3 is 15.2 Å². The molecule has 0 aliphatic carbocycles. The number of ether oxygens (including phenoxy) is 1. The number of nitrogens with one attached hydrogen (secondary N) is 1. The fraction of sp³-hybridized carbons (Fsp3) is 0.188. The molecule has 0 bridgehead atoms. The van der Waals surface area contributed by atoms with Crippen molar-refractivity contribution in [3.05, 3.63) is 64.1 Å². The molecule has 1 unspecified atom stereocenters. The molecule has 5 heteroatoms. The highest BCUT2D eigenvalue weighted by Gasteiger charge is 2.14. The first kappa shape index (κ1) is 15.5. The number of carbonyl (C=O) groups is 1. The second kappa shape index (κ2) is 7.24. The molecule has 0 aliphatic heterocycles. The Morgan fingerprint density at radius 3 is 2.67 bits per heavy atom. The van der Waals surface area contributed by atoms with Gasteiger partial charge in [-0.2, -0.15) is 0 Å². The van der Waals surface area contributed by atoms with Crippen LogP contribution in [0.1, 0.15) is 22.0 Å². The standard InChI is InChI=1S/C16H16BrNO3/c1-21-15-9-12(17)7-8-13(15)16(20)18-10-14(19)11-5-3-2-4-6-11/h2-9,14,19H,10H2,1H3,(H,18,20). The minimum Gasteiger partial charge on any atom is -0.496 e. The highest BCUT2D eigenvalue weighted by molar-refractivity contribution is 9.10. The van der Waals surface area contributed by atoms with Gasteiger partial charge in [-0.3, -0.25) is 4.79 Å². The smallest absolute Gasteiger partial charge is 0.255 e. The van der Waals surface area contributed by atoms with Crippen molar-refractivity contribution >= 4 is 21.8 Å². The number of hydrogen-bond acceptors (Lipinski definition) is 3. The van der Waals surface area contributed by atoms with Gasteiger partial charge in [0, 0.05) is 11.0 Å². The van der Waals surface area contributed by atoms with Crippen molar-refractivity contribution in [3.63, 3.8) is 0 Å². The molecule has 2 rings (SSSR count). The molecule has 1 amide bonds. The van der Waals surface area contributed by atoms with Gasteiger partial charge in [0.1, 0.15) is 5.75 Å². The lowest BCUT2D eigenvalue weighted by Gasteiger charge is -2.13. The summed E-state index contributed by atoms with van der Waals surface area (Å²) in [7, 11) is 1.51. The van der Waals surface area contributed by atoms with Gasteiger partial charge in [0.05, 0.1) is 18.8 Å². The van der Waals surface area contributed by atoms with Gasteiger partial charge in [0.15, 0.2) is 0 Å². The molecule has 0 fully saturated rings. The van der Waals surface area contributed by atoms with Gasteiger partial charge in [-0.1, -0.05) is 46.3 Å². The largest absolute Gasteiger partial charge is 0.496 e. The van der Waals surface area contributed by atoms with Gasteiger partial charge in [-0.15, -0.1) is 0 Å². The number of carbonyl (C=O) groups excluding carboxylic acids is 1. The minimum absolute atomic E-state index is 0.141. The molecule has 2 N–H and O–H groups in total. The van der Waals surface area contributed by atoms with Crippen LogP contribution in [-0.4, -0.2) is 24.7 Å². The van der Waals surface area contributed by atoms with Crippen LogP contribution in [0, 0.1) is 0 Å². The summed E-state index contributed by atoms with van der Waals surface area (Å²) >= 11 is 3.33. The molecule has 0 saturated carbocycles. The Balaban J connectivity index is 2.02. The van der Waals surface area contributed by atoms with E-state index >= 15 is 0 Å². The number of amides is 1. The van der Waals surface area contributed by atoms with Crippen LogP contribution in [-0.2, 0) is 0 Å². The van der Waals surface area contributed by atoms with E-state index in [2.05, 4.69) is 21.2 Å². The molecule has 21 heavy (non-hydrogen) atoms. The molecule has 0 aromatic heterocycles. The molecule has 2 aromatic rings. The van der Waals surface area contributed by atoms with Gasteiger partial charge in [0.2, 0.25) is 0 Å². The molecule has 0 aliphatic rings. The Morgan fingerprint density at radius 2 is 2.00 bits per heavy atom. The first-order valence-electron chi connectivity index (χ1n) is 6.46. The van der Waals surface area contributed by atoms with Crippen LogP contribution in [0.2, 0.25) is 0 Å². The highest BCUT2D eigenvalue weighted by atomic mass is 79.9. The summed E-state index contributed by atoms with van der Waals surface area (Å²) in [5.74, 6) is 0.199. The third kappa shape index (κ3) is 4.06. The predicted octanol–water partition coefficient (Wildman–Crippen LogP) is 2.92. The summed E-state index contributed by atoms with van der Waals surface area (Å²) in [4.78, 5) is 12.2. The van der Waals surface area contributed by atoms with E-state index in [1.54, 1.807) is 18.2 Å². The van der Waals surface area contributed by atoms with Crippen LogP contribution in [0.4, 0.5) is 0 Å². The van der Waals surface area contributed by atoms with Crippen molar-refractivity contribution < 1.29 is 14.6 Å². The van der Waals surface area contributed by atoms with Crippen LogP contribution in [0.5, 0.6) is 5.75 Å². The SMILES string of the molecule is COc1cc(Br)ccc1C(=O)NCC(O)c1ccccc1. The lowest BCUT2D eigenvalue weighted by molar-refractivity contribution is 0.0913. The fourth-order valence-electron chi connectivity index (χ4n) is 1.93. The summed E-state index contributed by atoms with van der Waals surface area (Å²) in [6.45, 7) is 0.141. The van der Waals surface area contributed by atoms with Crippen molar-refractivity contribution in [1.29, 1.82) is 0 Å². The average Bonchev–Trinajstić information content (AvgIpc) is 2.52. The van der Waals surface area contributed by atoms with E-state index in [0.717, 1.165) is 10.0 Å². The van der Waals surface area contributed by atoms with E-state index in [0.29, 0.717) is 11.3 Å². The van der Waals surface area contributed by atoms with E-state index in [-0.39, 0.29) is 12.5 Å². The summed E-state index contributed by atoms with van der Waals surface area (Å²) in [6, 6.07) is 14.4. The van der Waals surface area contributed by atoms with Crippen LogP contribution in [0.25, 0.3) is 0 Å². The highest BCUT2D eigenvalue weighted by Crippen LogP contribution is 2.23. The molecular formula is C16H16BrNO3. The van der Waals surface area contributed by atoms with E-state index in [1.807, 2.05) is 30.3 Å². The van der Waals surface area contributed by atoms with E-state index in [9.17, 15) is 9.90 Å². The summed E-state index contributed by atoms with van der Waals surface area (Å²) in [5.41, 5.74) is 1.20. The van der Waals surface area contributed by atoms with Crippen molar-refractivity contribution in [2.45, 2.75) is 6.10 Å². The number of rotatable bonds is 5. The first-order chi connectivity index (χ1) is 10.1. The number of hydrogen-bond donors (Lipinski definition) is 2. The minimum atomic E-state index is -0.739. The average molecular weight is 350 g/mol. The zero-order valence-electron chi connectivity index (χ0n) is 11.5. The van der Waals surface area contributed by atoms with Gasteiger partial charge >= 0.3 is 0 Å². The molecule has 1 atom stereocenters. The topological polar surface area (TPSA) is 58.6 Å². The predicted molar refractivity (Wildman–Crippen MR) is 84.4 cm³/mol. The second-order valence-corrected chi connectivity index (χ2v) is 5.40. The second-order valence-electron chi connectivity index (χ2n) is 4.48. The zero-order chi connectivity index (χ0) is 15.2. The fourth-order valence-corrected chi connectivity index (χ4v) is 2.27. The van der Waals surface area contributed by atoms with Crippen molar-refractivity contribution in [1.82, 2.24) is 5.32 Å². The van der Waals surface area contributed by atoms with Crippen LogP contribution in [0.3, 0.4) is 0 Å². The summed E-state index contributed by atoms with van der Waals surface area (Å²) < 4.78 is 6.02. The van der Waals surface area contributed by atoms with E-state index < -0.39 is 6.10 Å². The lowest BCUT2D eigenvalue weighted by Crippen LogP contribution is -2.28. The maximum absolute atomic E-state index is 12.2. The summed E-state index contributed by atoms with van der Waals surface area (Å²) in [5, 5.41) is 12.7. The maximum atomic E-state index is 12.2. The quantitative estimate of drug-likeness (QED) is 0.872. The Bertz CT molecular complexity index is 616. The molecule has 4 nitrogen and oxygen atoms in total. The Hall–Kier alpha value is -1.85.